The lowest BCUT2D eigenvalue weighted by molar-refractivity contribution is 0.0270. The molecule has 0 radical (unpaired) electrons. The second kappa shape index (κ2) is 8.13. The summed E-state index contributed by atoms with van der Waals surface area (Å²) in [5.74, 6) is -3.80. The number of esters is 1. The van der Waals surface area contributed by atoms with Gasteiger partial charge in [-0.05, 0) is 26.0 Å². The maximum Gasteiger partial charge on any atom is 0.345 e. The van der Waals surface area contributed by atoms with E-state index < -0.39 is 35.1 Å². The van der Waals surface area contributed by atoms with Gasteiger partial charge < -0.3 is 4.74 Å². The number of benzene rings is 3. The molecule has 0 saturated heterocycles. The Balaban J connectivity index is 1.99. The lowest BCUT2D eigenvalue weighted by Crippen LogP contribution is -2.21. The number of hydrogen-bond donors (Lipinski definition) is 0. The highest BCUT2D eigenvalue weighted by atomic mass is 19.1. The third-order valence-electron chi connectivity index (χ3n) is 4.35. The lowest BCUT2D eigenvalue weighted by atomic mass is 9.98. The summed E-state index contributed by atoms with van der Waals surface area (Å²) in [6.45, 7) is 3.76. The molecule has 0 spiro atoms. The second-order valence-electron chi connectivity index (χ2n) is 6.52. The third kappa shape index (κ3) is 4.14. The predicted octanol–water partition coefficient (Wildman–Crippen LogP) is 5.36. The van der Waals surface area contributed by atoms with Crippen molar-refractivity contribution in [2.24, 2.45) is 0 Å². The number of carbonyl (C=O) groups excluding carboxylic acids is 2. The van der Waals surface area contributed by atoms with E-state index in [1.54, 1.807) is 48.5 Å². The molecule has 3 rings (SSSR count). The van der Waals surface area contributed by atoms with Gasteiger partial charge in [-0.15, -0.1) is 0 Å². The van der Waals surface area contributed by atoms with Crippen molar-refractivity contribution in [1.82, 2.24) is 0 Å². The largest absolute Gasteiger partial charge is 0.445 e. The predicted molar refractivity (Wildman–Crippen MR) is 101 cm³/mol. The molecule has 0 fully saturated rings. The first kappa shape index (κ1) is 19.4. The molecule has 0 saturated carbocycles. The fraction of sp³-hybridized carbons (Fsp3) is 0.130. The highest BCUT2D eigenvalue weighted by molar-refractivity contribution is 6.02. The van der Waals surface area contributed by atoms with E-state index in [0.717, 1.165) is 29.3 Å². The van der Waals surface area contributed by atoms with Crippen LogP contribution in [0.2, 0.25) is 0 Å². The summed E-state index contributed by atoms with van der Waals surface area (Å²) >= 11 is 0. The maximum atomic E-state index is 13.9. The Morgan fingerprint density at radius 2 is 1.29 bits per heavy atom. The molecule has 1 atom stereocenters. The van der Waals surface area contributed by atoms with Gasteiger partial charge in [-0.2, -0.15) is 0 Å². The zero-order valence-corrected chi connectivity index (χ0v) is 15.4. The molecule has 3 aromatic carbocycles. The minimum Gasteiger partial charge on any atom is -0.445 e. The Hall–Kier alpha value is -3.34. The smallest absolute Gasteiger partial charge is 0.345 e. The van der Waals surface area contributed by atoms with Crippen LogP contribution in [0.3, 0.4) is 0 Å². The van der Waals surface area contributed by atoms with Crippen LogP contribution >= 0.6 is 0 Å². The molecule has 0 aliphatic rings. The van der Waals surface area contributed by atoms with Crippen molar-refractivity contribution in [3.63, 3.8) is 0 Å². The van der Waals surface area contributed by atoms with Gasteiger partial charge in [0.1, 0.15) is 17.2 Å². The summed E-state index contributed by atoms with van der Waals surface area (Å²) in [7, 11) is 0. The summed E-state index contributed by atoms with van der Waals surface area (Å²) in [6.07, 6.45) is -1.32. The molecule has 3 nitrogen and oxygen atoms in total. The SMILES string of the molecule is Cc1ccc(C(=O)[C@@H](OC(=O)c2c(F)cccc2F)c2ccc(C)cc2)cc1. The first-order chi connectivity index (χ1) is 13.4. The van der Waals surface area contributed by atoms with Gasteiger partial charge in [0, 0.05) is 11.1 Å². The fourth-order valence-corrected chi connectivity index (χ4v) is 2.74. The number of ether oxygens (including phenoxy) is 1. The van der Waals surface area contributed by atoms with Crippen LogP contribution in [0.15, 0.2) is 66.7 Å². The van der Waals surface area contributed by atoms with Crippen molar-refractivity contribution in [3.05, 3.63) is 106 Å². The van der Waals surface area contributed by atoms with Gasteiger partial charge in [0.25, 0.3) is 0 Å². The normalized spacial score (nSPS) is 11.7. The van der Waals surface area contributed by atoms with Crippen molar-refractivity contribution >= 4 is 11.8 Å². The summed E-state index contributed by atoms with van der Waals surface area (Å²) < 4.78 is 33.2. The first-order valence-electron chi connectivity index (χ1n) is 8.69. The highest BCUT2D eigenvalue weighted by Crippen LogP contribution is 2.26. The van der Waals surface area contributed by atoms with Crippen LogP contribution in [-0.4, -0.2) is 11.8 Å². The van der Waals surface area contributed by atoms with Crippen LogP contribution in [0, 0.1) is 25.5 Å². The van der Waals surface area contributed by atoms with E-state index in [4.69, 9.17) is 4.74 Å². The van der Waals surface area contributed by atoms with E-state index in [1.807, 2.05) is 13.8 Å². The average Bonchev–Trinajstić information content (AvgIpc) is 2.67. The standard InChI is InChI=1S/C23H18F2O3/c1-14-6-10-16(11-7-14)21(26)22(17-12-8-15(2)9-13-17)28-23(27)20-18(24)4-3-5-19(20)25/h3-13,22H,1-2H3/t22-/m0/s1. The zero-order valence-electron chi connectivity index (χ0n) is 15.4. The van der Waals surface area contributed by atoms with E-state index in [9.17, 15) is 18.4 Å². The molecule has 28 heavy (non-hydrogen) atoms. The van der Waals surface area contributed by atoms with Gasteiger partial charge >= 0.3 is 5.97 Å². The molecule has 0 amide bonds. The van der Waals surface area contributed by atoms with Gasteiger partial charge in [0.2, 0.25) is 5.78 Å². The Morgan fingerprint density at radius 3 is 1.82 bits per heavy atom. The molecule has 5 heteroatoms. The number of aryl methyl sites for hydroxylation is 2. The van der Waals surface area contributed by atoms with Crippen LogP contribution < -0.4 is 0 Å². The molecule has 0 N–H and O–H groups in total. The van der Waals surface area contributed by atoms with Crippen molar-refractivity contribution in [2.75, 3.05) is 0 Å². The van der Waals surface area contributed by atoms with Crippen molar-refractivity contribution in [2.45, 2.75) is 20.0 Å². The Morgan fingerprint density at radius 1 is 0.786 bits per heavy atom. The molecule has 0 heterocycles. The fourth-order valence-electron chi connectivity index (χ4n) is 2.74. The Kier molecular flexibility index (Phi) is 5.64. The highest BCUT2D eigenvalue weighted by Gasteiger charge is 2.29. The van der Waals surface area contributed by atoms with Gasteiger partial charge in [0.15, 0.2) is 6.10 Å². The zero-order chi connectivity index (χ0) is 20.3. The molecule has 3 aromatic rings. The number of ketones is 1. The van der Waals surface area contributed by atoms with E-state index in [-0.39, 0.29) is 0 Å². The molecular weight excluding hydrogens is 362 g/mol. The molecule has 0 aliphatic carbocycles. The van der Waals surface area contributed by atoms with Crippen molar-refractivity contribution in [1.29, 1.82) is 0 Å². The number of halogens is 2. The molecule has 0 aliphatic heterocycles. The topological polar surface area (TPSA) is 43.4 Å². The van der Waals surface area contributed by atoms with Crippen LogP contribution in [0.25, 0.3) is 0 Å². The number of rotatable bonds is 5. The first-order valence-corrected chi connectivity index (χ1v) is 8.69. The molecule has 0 bridgehead atoms. The number of carbonyl (C=O) groups is 2. The summed E-state index contributed by atoms with van der Waals surface area (Å²) in [6, 6.07) is 16.7. The molecule has 142 valence electrons. The van der Waals surface area contributed by atoms with E-state index in [0.29, 0.717) is 11.1 Å². The minimum atomic E-state index is -1.32. The van der Waals surface area contributed by atoms with Crippen LogP contribution in [-0.2, 0) is 4.74 Å². The summed E-state index contributed by atoms with van der Waals surface area (Å²) in [4.78, 5) is 25.5. The number of Topliss-reactive ketones (excluding diaryl/α,β-unsaturated/α-hetero) is 1. The van der Waals surface area contributed by atoms with E-state index in [1.165, 1.54) is 0 Å². The minimum absolute atomic E-state index is 0.331. The van der Waals surface area contributed by atoms with Crippen LogP contribution in [0.4, 0.5) is 8.78 Å². The van der Waals surface area contributed by atoms with E-state index >= 15 is 0 Å². The Bertz CT molecular complexity index is 989. The van der Waals surface area contributed by atoms with Crippen molar-refractivity contribution < 1.29 is 23.1 Å². The monoisotopic (exact) mass is 380 g/mol. The van der Waals surface area contributed by atoms with E-state index in [2.05, 4.69) is 0 Å². The summed E-state index contributed by atoms with van der Waals surface area (Å²) in [5, 5.41) is 0. The third-order valence-corrected chi connectivity index (χ3v) is 4.35. The summed E-state index contributed by atoms with van der Waals surface area (Å²) in [5.41, 5.74) is 1.85. The molecule has 0 unspecified atom stereocenters. The van der Waals surface area contributed by atoms with Gasteiger partial charge in [-0.1, -0.05) is 65.7 Å². The van der Waals surface area contributed by atoms with Crippen LogP contribution in [0.5, 0.6) is 0 Å². The molecule has 0 aromatic heterocycles. The lowest BCUT2D eigenvalue weighted by Gasteiger charge is -2.18. The van der Waals surface area contributed by atoms with Crippen molar-refractivity contribution in [3.8, 4) is 0 Å². The maximum absolute atomic E-state index is 13.9. The van der Waals surface area contributed by atoms with Gasteiger partial charge in [0.05, 0.1) is 0 Å². The quantitative estimate of drug-likeness (QED) is 0.442. The Labute approximate surface area is 161 Å². The second-order valence-corrected chi connectivity index (χ2v) is 6.52. The number of hydrogen-bond acceptors (Lipinski definition) is 3. The van der Waals surface area contributed by atoms with Gasteiger partial charge in [-0.3, -0.25) is 4.79 Å². The van der Waals surface area contributed by atoms with Crippen LogP contribution in [0.1, 0.15) is 43.5 Å². The molecular formula is C23H18F2O3. The average molecular weight is 380 g/mol. The van der Waals surface area contributed by atoms with Gasteiger partial charge in [-0.25, -0.2) is 13.6 Å².